The maximum Gasteiger partial charge on any atom is 0.207 e. The van der Waals surface area contributed by atoms with E-state index in [1.807, 2.05) is 20.2 Å². The molecule has 2 aromatic carbocycles. The smallest absolute Gasteiger partial charge is 0.207 e. The van der Waals surface area contributed by atoms with E-state index in [1.54, 1.807) is 0 Å². The summed E-state index contributed by atoms with van der Waals surface area (Å²) >= 11 is 0. The first-order valence-electron chi connectivity index (χ1n) is 6.01. The first-order valence-corrected chi connectivity index (χ1v) is 6.01. The van der Waals surface area contributed by atoms with Crippen LogP contribution in [0.15, 0.2) is 48.7 Å². The minimum absolute atomic E-state index is 0.865. The summed E-state index contributed by atoms with van der Waals surface area (Å²) < 4.78 is 2.09. The van der Waals surface area contributed by atoms with Crippen LogP contribution in [-0.2, 0) is 0 Å². The molecule has 1 heterocycles. The SMILES string of the molecule is CNc1nc(C)cn1-c1cccc2ccccc12. The van der Waals surface area contributed by atoms with Crippen molar-refractivity contribution in [3.8, 4) is 5.69 Å². The van der Waals surface area contributed by atoms with Crippen molar-refractivity contribution in [2.45, 2.75) is 6.92 Å². The van der Waals surface area contributed by atoms with Crippen LogP contribution in [0.5, 0.6) is 0 Å². The fraction of sp³-hybridized carbons (Fsp3) is 0.133. The number of rotatable bonds is 2. The maximum atomic E-state index is 4.46. The van der Waals surface area contributed by atoms with Crippen molar-refractivity contribution in [2.75, 3.05) is 12.4 Å². The van der Waals surface area contributed by atoms with E-state index in [-0.39, 0.29) is 0 Å². The molecule has 18 heavy (non-hydrogen) atoms. The molecule has 0 unspecified atom stereocenters. The number of fused-ring (bicyclic) bond motifs is 1. The molecule has 0 radical (unpaired) electrons. The van der Waals surface area contributed by atoms with Crippen molar-refractivity contribution < 1.29 is 0 Å². The van der Waals surface area contributed by atoms with Crippen molar-refractivity contribution >= 4 is 16.7 Å². The summed E-state index contributed by atoms with van der Waals surface area (Å²) in [5.41, 5.74) is 2.16. The number of imidazole rings is 1. The van der Waals surface area contributed by atoms with Gasteiger partial charge in [-0.3, -0.25) is 4.57 Å². The van der Waals surface area contributed by atoms with Gasteiger partial charge in [0.05, 0.1) is 11.4 Å². The third kappa shape index (κ3) is 1.64. The zero-order valence-corrected chi connectivity index (χ0v) is 10.5. The monoisotopic (exact) mass is 237 g/mol. The Kier molecular flexibility index (Phi) is 2.52. The normalized spacial score (nSPS) is 10.8. The van der Waals surface area contributed by atoms with Crippen molar-refractivity contribution in [3.63, 3.8) is 0 Å². The first-order chi connectivity index (χ1) is 8.79. The molecule has 0 saturated carbocycles. The number of hydrogen-bond acceptors (Lipinski definition) is 2. The molecule has 0 atom stereocenters. The molecule has 0 aliphatic carbocycles. The minimum Gasteiger partial charge on any atom is -0.358 e. The molecule has 3 rings (SSSR count). The lowest BCUT2D eigenvalue weighted by Gasteiger charge is -2.10. The molecular formula is C15H15N3. The third-order valence-electron chi connectivity index (χ3n) is 3.08. The number of anilines is 1. The highest BCUT2D eigenvalue weighted by Gasteiger charge is 2.08. The lowest BCUT2D eigenvalue weighted by atomic mass is 10.1. The van der Waals surface area contributed by atoms with E-state index >= 15 is 0 Å². The third-order valence-corrected chi connectivity index (χ3v) is 3.08. The molecule has 0 spiro atoms. The van der Waals surface area contributed by atoms with Gasteiger partial charge in [-0.05, 0) is 18.4 Å². The van der Waals surface area contributed by atoms with Crippen LogP contribution in [0.4, 0.5) is 5.95 Å². The van der Waals surface area contributed by atoms with Crippen LogP contribution in [0.1, 0.15) is 5.69 Å². The molecule has 0 aliphatic rings. The van der Waals surface area contributed by atoms with Gasteiger partial charge in [-0.25, -0.2) is 4.98 Å². The quantitative estimate of drug-likeness (QED) is 0.740. The van der Waals surface area contributed by atoms with Gasteiger partial charge >= 0.3 is 0 Å². The first kappa shape index (κ1) is 10.8. The lowest BCUT2D eigenvalue weighted by molar-refractivity contribution is 1.07. The second-order valence-corrected chi connectivity index (χ2v) is 4.32. The second-order valence-electron chi connectivity index (χ2n) is 4.32. The van der Waals surface area contributed by atoms with Crippen LogP contribution in [0, 0.1) is 6.92 Å². The van der Waals surface area contributed by atoms with Gasteiger partial charge in [0.15, 0.2) is 0 Å². The zero-order valence-electron chi connectivity index (χ0n) is 10.5. The van der Waals surface area contributed by atoms with Gasteiger partial charge in [0.25, 0.3) is 0 Å². The molecule has 1 aromatic heterocycles. The van der Waals surface area contributed by atoms with Crippen molar-refractivity contribution in [3.05, 3.63) is 54.4 Å². The van der Waals surface area contributed by atoms with Gasteiger partial charge < -0.3 is 5.32 Å². The average Bonchev–Trinajstić information content (AvgIpc) is 2.79. The Morgan fingerprint density at radius 1 is 1.06 bits per heavy atom. The van der Waals surface area contributed by atoms with Crippen LogP contribution < -0.4 is 5.32 Å². The van der Waals surface area contributed by atoms with E-state index in [9.17, 15) is 0 Å². The topological polar surface area (TPSA) is 29.9 Å². The van der Waals surface area contributed by atoms with Gasteiger partial charge in [-0.15, -0.1) is 0 Å². The lowest BCUT2D eigenvalue weighted by Crippen LogP contribution is -2.00. The Bertz CT molecular complexity index is 693. The van der Waals surface area contributed by atoms with Gasteiger partial charge in [0, 0.05) is 18.6 Å². The number of aromatic nitrogens is 2. The van der Waals surface area contributed by atoms with Crippen LogP contribution in [0.3, 0.4) is 0 Å². The van der Waals surface area contributed by atoms with Crippen LogP contribution >= 0.6 is 0 Å². The molecule has 0 amide bonds. The molecule has 3 aromatic rings. The van der Waals surface area contributed by atoms with E-state index in [2.05, 4.69) is 57.3 Å². The summed E-state index contributed by atoms with van der Waals surface area (Å²) in [5.74, 6) is 0.865. The Hall–Kier alpha value is -2.29. The van der Waals surface area contributed by atoms with Crippen molar-refractivity contribution in [1.29, 1.82) is 0 Å². The highest BCUT2D eigenvalue weighted by molar-refractivity contribution is 5.90. The van der Waals surface area contributed by atoms with E-state index in [0.717, 1.165) is 17.3 Å². The minimum atomic E-state index is 0.865. The Morgan fingerprint density at radius 2 is 1.83 bits per heavy atom. The van der Waals surface area contributed by atoms with E-state index in [1.165, 1.54) is 10.8 Å². The predicted octanol–water partition coefficient (Wildman–Crippen LogP) is 3.38. The van der Waals surface area contributed by atoms with Gasteiger partial charge in [0.1, 0.15) is 0 Å². The molecule has 0 saturated heterocycles. The van der Waals surface area contributed by atoms with Gasteiger partial charge in [-0.1, -0.05) is 36.4 Å². The van der Waals surface area contributed by atoms with E-state index in [4.69, 9.17) is 0 Å². The van der Waals surface area contributed by atoms with Crippen LogP contribution in [-0.4, -0.2) is 16.6 Å². The highest BCUT2D eigenvalue weighted by atomic mass is 15.2. The second kappa shape index (κ2) is 4.18. The Balaban J connectivity index is 2.31. The molecule has 0 aliphatic heterocycles. The van der Waals surface area contributed by atoms with E-state index in [0.29, 0.717) is 0 Å². The molecule has 1 N–H and O–H groups in total. The molecule has 3 nitrogen and oxygen atoms in total. The molecule has 0 bridgehead atoms. The summed E-state index contributed by atoms with van der Waals surface area (Å²) in [5, 5.41) is 5.60. The Labute approximate surface area is 106 Å². The summed E-state index contributed by atoms with van der Waals surface area (Å²) in [6, 6.07) is 14.7. The maximum absolute atomic E-state index is 4.46. The number of nitrogens with zero attached hydrogens (tertiary/aromatic N) is 2. The molecule has 90 valence electrons. The molecule has 3 heteroatoms. The van der Waals surface area contributed by atoms with Crippen LogP contribution in [0.25, 0.3) is 16.5 Å². The summed E-state index contributed by atoms with van der Waals surface area (Å²) in [6.45, 7) is 2.00. The summed E-state index contributed by atoms with van der Waals surface area (Å²) in [6.07, 6.45) is 2.05. The van der Waals surface area contributed by atoms with Gasteiger partial charge in [-0.2, -0.15) is 0 Å². The fourth-order valence-electron chi connectivity index (χ4n) is 2.28. The number of aryl methyl sites for hydroxylation is 1. The molecular weight excluding hydrogens is 222 g/mol. The Morgan fingerprint density at radius 3 is 2.67 bits per heavy atom. The summed E-state index contributed by atoms with van der Waals surface area (Å²) in [7, 11) is 1.89. The highest BCUT2D eigenvalue weighted by Crippen LogP contribution is 2.25. The van der Waals surface area contributed by atoms with E-state index < -0.39 is 0 Å². The summed E-state index contributed by atoms with van der Waals surface area (Å²) in [4.78, 5) is 4.46. The standard InChI is InChI=1S/C15H15N3/c1-11-10-18(15(16-2)17-11)14-9-5-7-12-6-3-4-8-13(12)14/h3-10H,1-2H3,(H,16,17). The number of benzene rings is 2. The zero-order chi connectivity index (χ0) is 12.5. The van der Waals surface area contributed by atoms with Crippen molar-refractivity contribution in [2.24, 2.45) is 0 Å². The fourth-order valence-corrected chi connectivity index (χ4v) is 2.28. The largest absolute Gasteiger partial charge is 0.358 e. The van der Waals surface area contributed by atoms with Gasteiger partial charge in [0.2, 0.25) is 5.95 Å². The van der Waals surface area contributed by atoms with Crippen LogP contribution in [0.2, 0.25) is 0 Å². The van der Waals surface area contributed by atoms with Crippen molar-refractivity contribution in [1.82, 2.24) is 9.55 Å². The number of hydrogen-bond donors (Lipinski definition) is 1. The predicted molar refractivity (Wildman–Crippen MR) is 75.4 cm³/mol. The molecule has 0 fully saturated rings. The number of nitrogens with one attached hydrogen (secondary N) is 1. The average molecular weight is 237 g/mol.